The topological polar surface area (TPSA) is 72.1 Å². The molecule has 1 heterocycles. The number of aromatic nitrogens is 2. The van der Waals surface area contributed by atoms with Gasteiger partial charge in [-0.1, -0.05) is 20.8 Å². The van der Waals surface area contributed by atoms with Gasteiger partial charge in [-0.3, -0.25) is 4.79 Å². The summed E-state index contributed by atoms with van der Waals surface area (Å²) in [7, 11) is 1.81. The van der Waals surface area contributed by atoms with Gasteiger partial charge in [0.05, 0.1) is 17.0 Å². The van der Waals surface area contributed by atoms with Crippen LogP contribution in [0.1, 0.15) is 48.9 Å². The first kappa shape index (κ1) is 16.6. The molecule has 0 aromatic carbocycles. The molecule has 1 rings (SSSR count). The Morgan fingerprint density at radius 1 is 1.40 bits per heavy atom. The first-order chi connectivity index (χ1) is 9.36. The summed E-state index contributed by atoms with van der Waals surface area (Å²) < 4.78 is 0. The fraction of sp³-hybridized carbons (Fsp3) is 0.667. The molecular formula is C15H26N4O. The Labute approximate surface area is 121 Å². The van der Waals surface area contributed by atoms with Crippen LogP contribution in [-0.2, 0) is 6.42 Å². The number of aryl methyl sites for hydroxylation is 2. The molecule has 0 saturated carbocycles. The number of rotatable bonds is 6. The van der Waals surface area contributed by atoms with Gasteiger partial charge in [0.2, 0.25) is 0 Å². The Bertz CT molecular complexity index is 459. The molecule has 0 aliphatic carbocycles. The highest BCUT2D eigenvalue weighted by atomic mass is 16.2. The fourth-order valence-corrected chi connectivity index (χ4v) is 1.94. The maximum absolute atomic E-state index is 12.5. The molecule has 0 saturated heterocycles. The SMILES string of the molecule is CCc1nnc(C)cc1C(=O)N(C)CCC(N)C(C)C. The summed E-state index contributed by atoms with van der Waals surface area (Å²) in [6.45, 7) is 8.67. The maximum atomic E-state index is 12.5. The van der Waals surface area contributed by atoms with E-state index in [4.69, 9.17) is 5.73 Å². The Morgan fingerprint density at radius 2 is 2.05 bits per heavy atom. The number of hydrogen-bond acceptors (Lipinski definition) is 4. The lowest BCUT2D eigenvalue weighted by Crippen LogP contribution is -2.35. The molecule has 1 atom stereocenters. The number of amides is 1. The molecule has 112 valence electrons. The molecule has 0 aliphatic rings. The van der Waals surface area contributed by atoms with Crippen molar-refractivity contribution in [3.8, 4) is 0 Å². The second kappa shape index (κ2) is 7.33. The van der Waals surface area contributed by atoms with Crippen molar-refractivity contribution in [1.29, 1.82) is 0 Å². The summed E-state index contributed by atoms with van der Waals surface area (Å²) >= 11 is 0. The van der Waals surface area contributed by atoms with Crippen molar-refractivity contribution >= 4 is 5.91 Å². The highest BCUT2D eigenvalue weighted by molar-refractivity contribution is 5.95. The summed E-state index contributed by atoms with van der Waals surface area (Å²) in [5, 5.41) is 8.11. The van der Waals surface area contributed by atoms with Gasteiger partial charge in [0, 0.05) is 19.6 Å². The monoisotopic (exact) mass is 278 g/mol. The highest BCUT2D eigenvalue weighted by Crippen LogP contribution is 2.11. The molecule has 0 bridgehead atoms. The summed E-state index contributed by atoms with van der Waals surface area (Å²) in [6.07, 6.45) is 1.51. The minimum absolute atomic E-state index is 0.00388. The van der Waals surface area contributed by atoms with E-state index in [0.717, 1.165) is 17.8 Å². The van der Waals surface area contributed by atoms with Crippen LogP contribution >= 0.6 is 0 Å². The van der Waals surface area contributed by atoms with E-state index in [2.05, 4.69) is 24.0 Å². The van der Waals surface area contributed by atoms with Crippen LogP contribution in [0, 0.1) is 12.8 Å². The van der Waals surface area contributed by atoms with Crippen molar-refractivity contribution in [3.63, 3.8) is 0 Å². The Kier molecular flexibility index (Phi) is 6.07. The molecule has 1 unspecified atom stereocenters. The molecule has 2 N–H and O–H groups in total. The van der Waals surface area contributed by atoms with Crippen molar-refractivity contribution in [2.45, 2.75) is 46.6 Å². The van der Waals surface area contributed by atoms with E-state index in [0.29, 0.717) is 24.4 Å². The number of carbonyl (C=O) groups is 1. The van der Waals surface area contributed by atoms with Gasteiger partial charge in [-0.05, 0) is 31.7 Å². The van der Waals surface area contributed by atoms with Crippen LogP contribution in [0.4, 0.5) is 0 Å². The molecule has 0 fully saturated rings. The van der Waals surface area contributed by atoms with Crippen LogP contribution in [0.3, 0.4) is 0 Å². The van der Waals surface area contributed by atoms with E-state index < -0.39 is 0 Å². The molecule has 5 heteroatoms. The van der Waals surface area contributed by atoms with E-state index in [1.165, 1.54) is 0 Å². The van der Waals surface area contributed by atoms with Gasteiger partial charge < -0.3 is 10.6 Å². The summed E-state index contributed by atoms with van der Waals surface area (Å²) in [4.78, 5) is 14.2. The quantitative estimate of drug-likeness (QED) is 0.861. The molecule has 0 radical (unpaired) electrons. The molecule has 1 aromatic heterocycles. The van der Waals surface area contributed by atoms with Crippen LogP contribution in [0.2, 0.25) is 0 Å². The average Bonchev–Trinajstić information content (AvgIpc) is 2.43. The molecule has 5 nitrogen and oxygen atoms in total. The summed E-state index contributed by atoms with van der Waals surface area (Å²) in [5.74, 6) is 0.422. The minimum Gasteiger partial charge on any atom is -0.342 e. The predicted octanol–water partition coefficient (Wildman–Crippen LogP) is 1.79. The summed E-state index contributed by atoms with van der Waals surface area (Å²) in [6, 6.07) is 1.93. The van der Waals surface area contributed by atoms with Gasteiger partial charge in [-0.2, -0.15) is 10.2 Å². The predicted molar refractivity (Wildman–Crippen MR) is 80.5 cm³/mol. The third-order valence-electron chi connectivity index (χ3n) is 3.56. The zero-order chi connectivity index (χ0) is 15.3. The normalized spacial score (nSPS) is 12.6. The van der Waals surface area contributed by atoms with Gasteiger partial charge in [-0.25, -0.2) is 0 Å². The van der Waals surface area contributed by atoms with Crippen molar-refractivity contribution in [1.82, 2.24) is 15.1 Å². The third kappa shape index (κ3) is 4.27. The minimum atomic E-state index is -0.00388. The first-order valence-corrected chi connectivity index (χ1v) is 7.21. The fourth-order valence-electron chi connectivity index (χ4n) is 1.94. The van der Waals surface area contributed by atoms with Crippen LogP contribution < -0.4 is 5.73 Å². The summed E-state index contributed by atoms with van der Waals surface area (Å²) in [5.41, 5.74) is 8.19. The second-order valence-electron chi connectivity index (χ2n) is 5.62. The number of nitrogens with two attached hydrogens (primary N) is 1. The largest absolute Gasteiger partial charge is 0.342 e. The Hall–Kier alpha value is -1.49. The second-order valence-corrected chi connectivity index (χ2v) is 5.62. The van der Waals surface area contributed by atoms with Gasteiger partial charge in [0.15, 0.2) is 0 Å². The van der Waals surface area contributed by atoms with Crippen LogP contribution in [0.15, 0.2) is 6.07 Å². The van der Waals surface area contributed by atoms with Gasteiger partial charge in [-0.15, -0.1) is 0 Å². The molecule has 1 aromatic rings. The molecule has 20 heavy (non-hydrogen) atoms. The van der Waals surface area contributed by atoms with E-state index in [1.54, 1.807) is 4.90 Å². The molecule has 0 aliphatic heterocycles. The lowest BCUT2D eigenvalue weighted by molar-refractivity contribution is 0.0787. The smallest absolute Gasteiger partial charge is 0.255 e. The molecular weight excluding hydrogens is 252 g/mol. The van der Waals surface area contributed by atoms with Crippen molar-refractivity contribution in [3.05, 3.63) is 23.0 Å². The number of carbonyl (C=O) groups excluding carboxylic acids is 1. The van der Waals surface area contributed by atoms with Crippen LogP contribution in [0.25, 0.3) is 0 Å². The average molecular weight is 278 g/mol. The zero-order valence-electron chi connectivity index (χ0n) is 13.2. The van der Waals surface area contributed by atoms with E-state index in [-0.39, 0.29) is 11.9 Å². The van der Waals surface area contributed by atoms with Crippen molar-refractivity contribution in [2.75, 3.05) is 13.6 Å². The van der Waals surface area contributed by atoms with E-state index in [9.17, 15) is 4.79 Å². The van der Waals surface area contributed by atoms with Crippen molar-refractivity contribution < 1.29 is 4.79 Å². The maximum Gasteiger partial charge on any atom is 0.255 e. The standard InChI is InChI=1S/C15H26N4O/c1-6-14-12(9-11(4)17-18-14)15(20)19(5)8-7-13(16)10(2)3/h9-10,13H,6-8,16H2,1-5H3. The first-order valence-electron chi connectivity index (χ1n) is 7.21. The van der Waals surface area contributed by atoms with E-state index >= 15 is 0 Å². The lowest BCUT2D eigenvalue weighted by atomic mass is 10.0. The third-order valence-corrected chi connectivity index (χ3v) is 3.56. The van der Waals surface area contributed by atoms with Crippen LogP contribution in [-0.4, -0.2) is 40.6 Å². The number of nitrogens with zero attached hydrogens (tertiary/aromatic N) is 3. The lowest BCUT2D eigenvalue weighted by Gasteiger charge is -2.22. The van der Waals surface area contributed by atoms with Gasteiger partial charge in [0.25, 0.3) is 5.91 Å². The Balaban J connectivity index is 2.76. The van der Waals surface area contributed by atoms with Gasteiger partial charge >= 0.3 is 0 Å². The molecule has 0 spiro atoms. The Morgan fingerprint density at radius 3 is 2.60 bits per heavy atom. The van der Waals surface area contributed by atoms with E-state index in [1.807, 2.05) is 27.0 Å². The number of hydrogen-bond donors (Lipinski definition) is 1. The highest BCUT2D eigenvalue weighted by Gasteiger charge is 2.18. The molecule has 1 amide bonds. The van der Waals surface area contributed by atoms with Crippen LogP contribution in [0.5, 0.6) is 0 Å². The van der Waals surface area contributed by atoms with Gasteiger partial charge in [0.1, 0.15) is 0 Å². The van der Waals surface area contributed by atoms with Crippen molar-refractivity contribution in [2.24, 2.45) is 11.7 Å². The zero-order valence-corrected chi connectivity index (χ0v) is 13.2.